The summed E-state index contributed by atoms with van der Waals surface area (Å²) in [5, 5.41) is 27.8. The second-order valence-electron chi connectivity index (χ2n) is 3.30. The number of methoxy groups -OCH3 is 2. The van der Waals surface area contributed by atoms with E-state index in [1.807, 2.05) is 0 Å². The fourth-order valence-electron chi connectivity index (χ4n) is 1.37. The molecule has 0 saturated heterocycles. The first kappa shape index (κ1) is 12.8. The number of hydrogen-bond acceptors (Lipinski definition) is 5. The zero-order valence-corrected chi connectivity index (χ0v) is 9.25. The number of ether oxygens (including phenoxy) is 2. The average Bonchev–Trinajstić information content (AvgIpc) is 2.35. The van der Waals surface area contributed by atoms with Gasteiger partial charge in [-0.15, -0.1) is 0 Å². The third-order valence-electron chi connectivity index (χ3n) is 2.31. The Labute approximate surface area is 93.9 Å². The van der Waals surface area contributed by atoms with E-state index in [4.69, 9.17) is 14.6 Å². The molecule has 0 aliphatic carbocycles. The first-order valence-corrected chi connectivity index (χ1v) is 4.83. The summed E-state index contributed by atoms with van der Waals surface area (Å²) in [6.07, 6.45) is -2.42. The Morgan fingerprint density at radius 2 is 1.88 bits per heavy atom. The van der Waals surface area contributed by atoms with Crippen LogP contribution in [-0.2, 0) is 0 Å². The lowest BCUT2D eigenvalue weighted by Crippen LogP contribution is -2.22. The van der Waals surface area contributed by atoms with Crippen LogP contribution in [-0.4, -0.2) is 42.3 Å². The molecule has 2 atom stereocenters. The lowest BCUT2D eigenvalue weighted by Gasteiger charge is -2.19. The molecule has 0 amide bonds. The molecule has 0 saturated carbocycles. The lowest BCUT2D eigenvalue weighted by atomic mass is 10.0. The number of aliphatic hydroxyl groups is 3. The molecule has 0 aromatic heterocycles. The summed E-state index contributed by atoms with van der Waals surface area (Å²) >= 11 is 0. The van der Waals surface area contributed by atoms with Crippen LogP contribution >= 0.6 is 0 Å². The molecule has 0 radical (unpaired) electrons. The van der Waals surface area contributed by atoms with Crippen LogP contribution in [0.2, 0.25) is 0 Å². The highest BCUT2D eigenvalue weighted by Crippen LogP contribution is 2.30. The smallest absolute Gasteiger partial charge is 0.128 e. The van der Waals surface area contributed by atoms with Crippen LogP contribution in [0, 0.1) is 0 Å². The summed E-state index contributed by atoms with van der Waals surface area (Å²) in [6.45, 7) is -0.518. The normalized spacial score (nSPS) is 14.3. The summed E-state index contributed by atoms with van der Waals surface area (Å²) in [4.78, 5) is 0. The average molecular weight is 228 g/mol. The summed E-state index contributed by atoms with van der Waals surface area (Å²) in [5.74, 6) is 0.991. The molecular weight excluding hydrogens is 212 g/mol. The lowest BCUT2D eigenvalue weighted by molar-refractivity contribution is -0.0162. The molecular formula is C11H16O5. The Balaban J connectivity index is 3.03. The highest BCUT2D eigenvalue weighted by Gasteiger charge is 2.21. The maximum Gasteiger partial charge on any atom is 0.128 e. The zero-order valence-electron chi connectivity index (χ0n) is 9.25. The van der Waals surface area contributed by atoms with E-state index in [-0.39, 0.29) is 0 Å². The Bertz CT molecular complexity index is 339. The molecule has 0 heterocycles. The van der Waals surface area contributed by atoms with Crippen molar-refractivity contribution in [1.82, 2.24) is 0 Å². The van der Waals surface area contributed by atoms with Crippen molar-refractivity contribution in [3.63, 3.8) is 0 Å². The van der Waals surface area contributed by atoms with Gasteiger partial charge in [-0.25, -0.2) is 0 Å². The first-order valence-electron chi connectivity index (χ1n) is 4.83. The van der Waals surface area contributed by atoms with Gasteiger partial charge in [0.15, 0.2) is 0 Å². The largest absolute Gasteiger partial charge is 0.497 e. The van der Waals surface area contributed by atoms with Gasteiger partial charge in [-0.1, -0.05) is 0 Å². The molecule has 0 bridgehead atoms. The van der Waals surface area contributed by atoms with E-state index in [9.17, 15) is 10.2 Å². The van der Waals surface area contributed by atoms with Crippen molar-refractivity contribution in [3.05, 3.63) is 23.8 Å². The van der Waals surface area contributed by atoms with Crippen LogP contribution in [0.15, 0.2) is 18.2 Å². The molecule has 16 heavy (non-hydrogen) atoms. The Kier molecular flexibility index (Phi) is 4.54. The molecule has 0 fully saturated rings. The fourth-order valence-corrected chi connectivity index (χ4v) is 1.37. The summed E-state index contributed by atoms with van der Waals surface area (Å²) in [6, 6.07) is 4.83. The molecule has 1 aromatic carbocycles. The van der Waals surface area contributed by atoms with Gasteiger partial charge < -0.3 is 24.8 Å². The monoisotopic (exact) mass is 228 g/mol. The third-order valence-corrected chi connectivity index (χ3v) is 2.31. The summed E-state index contributed by atoms with van der Waals surface area (Å²) in [7, 11) is 2.98. The minimum atomic E-state index is -1.23. The Morgan fingerprint density at radius 3 is 2.38 bits per heavy atom. The van der Waals surface area contributed by atoms with Gasteiger partial charge in [0, 0.05) is 11.6 Å². The van der Waals surface area contributed by atoms with E-state index in [1.54, 1.807) is 18.2 Å². The Morgan fingerprint density at radius 1 is 1.19 bits per heavy atom. The number of hydrogen-bond donors (Lipinski definition) is 3. The molecule has 1 aromatic rings. The van der Waals surface area contributed by atoms with Gasteiger partial charge in [0.2, 0.25) is 0 Å². The van der Waals surface area contributed by atoms with Gasteiger partial charge in [0.25, 0.3) is 0 Å². The van der Waals surface area contributed by atoms with E-state index in [2.05, 4.69) is 0 Å². The highest BCUT2D eigenvalue weighted by molar-refractivity contribution is 5.42. The molecule has 5 nitrogen and oxygen atoms in total. The van der Waals surface area contributed by atoms with Gasteiger partial charge in [0.05, 0.1) is 20.8 Å². The molecule has 3 N–H and O–H groups in total. The predicted molar refractivity (Wildman–Crippen MR) is 57.6 cm³/mol. The van der Waals surface area contributed by atoms with Crippen molar-refractivity contribution < 1.29 is 24.8 Å². The minimum Gasteiger partial charge on any atom is -0.497 e. The van der Waals surface area contributed by atoms with E-state index in [1.165, 1.54) is 14.2 Å². The third kappa shape index (κ3) is 2.63. The van der Waals surface area contributed by atoms with Gasteiger partial charge >= 0.3 is 0 Å². The summed E-state index contributed by atoms with van der Waals surface area (Å²) in [5.41, 5.74) is 0.407. The van der Waals surface area contributed by atoms with E-state index in [0.717, 1.165) is 0 Å². The van der Waals surface area contributed by atoms with Crippen LogP contribution in [0.5, 0.6) is 11.5 Å². The van der Waals surface area contributed by atoms with Gasteiger partial charge in [-0.3, -0.25) is 0 Å². The maximum atomic E-state index is 9.73. The SMILES string of the molecule is COc1ccc(C(O)C(O)CO)c(OC)c1. The second-order valence-corrected chi connectivity index (χ2v) is 3.30. The standard InChI is InChI=1S/C11H16O5/c1-15-7-3-4-8(10(5-7)16-2)11(14)9(13)6-12/h3-5,9,11-14H,6H2,1-2H3. The molecule has 1 rings (SSSR count). The van der Waals surface area contributed by atoms with E-state index < -0.39 is 18.8 Å². The first-order chi connectivity index (χ1) is 7.63. The quantitative estimate of drug-likeness (QED) is 0.665. The highest BCUT2D eigenvalue weighted by atomic mass is 16.5. The number of rotatable bonds is 5. The topological polar surface area (TPSA) is 79.2 Å². The number of benzene rings is 1. The van der Waals surface area contributed by atoms with Crippen molar-refractivity contribution in [2.24, 2.45) is 0 Å². The molecule has 0 aliphatic heterocycles. The molecule has 2 unspecified atom stereocenters. The van der Waals surface area contributed by atoms with Gasteiger partial charge in [-0.2, -0.15) is 0 Å². The number of aliphatic hydroxyl groups excluding tert-OH is 3. The minimum absolute atomic E-state index is 0.402. The molecule has 0 spiro atoms. The van der Waals surface area contributed by atoms with Crippen LogP contribution in [0.3, 0.4) is 0 Å². The van der Waals surface area contributed by atoms with Crippen molar-refractivity contribution in [2.45, 2.75) is 12.2 Å². The van der Waals surface area contributed by atoms with Crippen molar-refractivity contribution in [1.29, 1.82) is 0 Å². The van der Waals surface area contributed by atoms with E-state index >= 15 is 0 Å². The Hall–Kier alpha value is -1.30. The van der Waals surface area contributed by atoms with Crippen molar-refractivity contribution in [3.8, 4) is 11.5 Å². The van der Waals surface area contributed by atoms with Crippen LogP contribution < -0.4 is 9.47 Å². The van der Waals surface area contributed by atoms with Crippen LogP contribution in [0.1, 0.15) is 11.7 Å². The van der Waals surface area contributed by atoms with Crippen LogP contribution in [0.25, 0.3) is 0 Å². The van der Waals surface area contributed by atoms with Crippen molar-refractivity contribution in [2.75, 3.05) is 20.8 Å². The molecule has 5 heteroatoms. The van der Waals surface area contributed by atoms with E-state index in [0.29, 0.717) is 17.1 Å². The van der Waals surface area contributed by atoms with Crippen LogP contribution in [0.4, 0.5) is 0 Å². The summed E-state index contributed by atoms with van der Waals surface area (Å²) < 4.78 is 10.1. The molecule has 90 valence electrons. The second kappa shape index (κ2) is 5.69. The van der Waals surface area contributed by atoms with Gasteiger partial charge in [-0.05, 0) is 12.1 Å². The predicted octanol–water partition coefficient (Wildman–Crippen LogP) is 0.0904. The van der Waals surface area contributed by atoms with Gasteiger partial charge in [0.1, 0.15) is 23.7 Å². The van der Waals surface area contributed by atoms with Crippen molar-refractivity contribution >= 4 is 0 Å². The maximum absolute atomic E-state index is 9.73. The fraction of sp³-hybridized carbons (Fsp3) is 0.455. The molecule has 0 aliphatic rings. The zero-order chi connectivity index (χ0) is 12.1.